The van der Waals surface area contributed by atoms with Crippen LogP contribution in [0.5, 0.6) is 0 Å². The SMILES string of the molecule is CCc1cccc2c1Cc1ccc3c(c1-2)-c1ccccc1CC3. The zero-order valence-electron chi connectivity index (χ0n) is 13.5. The van der Waals surface area contributed by atoms with Gasteiger partial charge < -0.3 is 0 Å². The summed E-state index contributed by atoms with van der Waals surface area (Å²) in [6, 6.07) is 20.6. The number of rotatable bonds is 1. The lowest BCUT2D eigenvalue weighted by Crippen LogP contribution is -2.05. The molecule has 0 N–H and O–H groups in total. The molecule has 3 aromatic rings. The molecule has 0 fully saturated rings. The van der Waals surface area contributed by atoms with Gasteiger partial charge in [0.25, 0.3) is 0 Å². The number of hydrogen-bond acceptors (Lipinski definition) is 0. The third kappa shape index (κ3) is 1.78. The third-order valence-electron chi connectivity index (χ3n) is 5.62. The molecule has 23 heavy (non-hydrogen) atoms. The van der Waals surface area contributed by atoms with E-state index >= 15 is 0 Å². The fourth-order valence-electron chi connectivity index (χ4n) is 4.51. The van der Waals surface area contributed by atoms with Gasteiger partial charge in [-0.3, -0.25) is 0 Å². The molecule has 112 valence electrons. The summed E-state index contributed by atoms with van der Waals surface area (Å²) < 4.78 is 0. The van der Waals surface area contributed by atoms with Crippen LogP contribution in [0, 0.1) is 0 Å². The molecular formula is C23H20. The monoisotopic (exact) mass is 296 g/mol. The van der Waals surface area contributed by atoms with Crippen molar-refractivity contribution in [3.05, 3.63) is 82.4 Å². The van der Waals surface area contributed by atoms with Crippen LogP contribution in [-0.2, 0) is 25.7 Å². The van der Waals surface area contributed by atoms with Crippen LogP contribution in [0.1, 0.15) is 34.7 Å². The number of benzene rings is 3. The molecule has 0 spiro atoms. The Balaban J connectivity index is 1.85. The first-order valence-electron chi connectivity index (χ1n) is 8.71. The Morgan fingerprint density at radius 3 is 2.35 bits per heavy atom. The van der Waals surface area contributed by atoms with Crippen molar-refractivity contribution in [3.63, 3.8) is 0 Å². The van der Waals surface area contributed by atoms with E-state index in [2.05, 4.69) is 61.5 Å². The normalized spacial score (nSPS) is 14.0. The maximum atomic E-state index is 2.38. The first-order chi connectivity index (χ1) is 11.4. The van der Waals surface area contributed by atoms with Crippen LogP contribution in [0.25, 0.3) is 22.3 Å². The van der Waals surface area contributed by atoms with Gasteiger partial charge in [0.05, 0.1) is 0 Å². The van der Waals surface area contributed by atoms with E-state index in [1.165, 1.54) is 57.3 Å². The van der Waals surface area contributed by atoms with Gasteiger partial charge in [0, 0.05) is 0 Å². The molecule has 2 aliphatic rings. The summed E-state index contributed by atoms with van der Waals surface area (Å²) in [4.78, 5) is 0. The highest BCUT2D eigenvalue weighted by Gasteiger charge is 2.27. The average Bonchev–Trinajstić information content (AvgIpc) is 3.00. The summed E-state index contributed by atoms with van der Waals surface area (Å²) >= 11 is 0. The van der Waals surface area contributed by atoms with E-state index in [0.717, 1.165) is 12.8 Å². The van der Waals surface area contributed by atoms with Crippen molar-refractivity contribution in [2.45, 2.75) is 32.6 Å². The van der Waals surface area contributed by atoms with Gasteiger partial charge in [0.15, 0.2) is 0 Å². The predicted octanol–water partition coefficient (Wildman–Crippen LogP) is 5.59. The second-order valence-electron chi connectivity index (χ2n) is 6.76. The molecule has 0 nitrogen and oxygen atoms in total. The topological polar surface area (TPSA) is 0 Å². The summed E-state index contributed by atoms with van der Waals surface area (Å²) in [5.41, 5.74) is 13.6. The fourth-order valence-corrected chi connectivity index (χ4v) is 4.51. The van der Waals surface area contributed by atoms with E-state index < -0.39 is 0 Å². The van der Waals surface area contributed by atoms with Gasteiger partial charge in [-0.05, 0) is 75.8 Å². The lowest BCUT2D eigenvalue weighted by atomic mass is 9.81. The Labute approximate surface area is 137 Å². The minimum absolute atomic E-state index is 1.10. The highest BCUT2D eigenvalue weighted by Crippen LogP contribution is 2.48. The summed E-state index contributed by atoms with van der Waals surface area (Å²) in [6.07, 6.45) is 4.56. The summed E-state index contributed by atoms with van der Waals surface area (Å²) in [6.45, 7) is 2.27. The number of fused-ring (bicyclic) bond motifs is 7. The van der Waals surface area contributed by atoms with Crippen LogP contribution < -0.4 is 0 Å². The molecule has 0 unspecified atom stereocenters. The molecule has 0 heterocycles. The number of hydrogen-bond donors (Lipinski definition) is 0. The van der Waals surface area contributed by atoms with Crippen LogP contribution in [-0.4, -0.2) is 0 Å². The van der Waals surface area contributed by atoms with E-state index in [9.17, 15) is 0 Å². The van der Waals surface area contributed by atoms with Crippen LogP contribution >= 0.6 is 0 Å². The van der Waals surface area contributed by atoms with Crippen molar-refractivity contribution < 1.29 is 0 Å². The largest absolute Gasteiger partial charge is 0.0620 e. The fraction of sp³-hybridized carbons (Fsp3) is 0.217. The Hall–Kier alpha value is -2.34. The van der Waals surface area contributed by atoms with Crippen molar-refractivity contribution in [2.24, 2.45) is 0 Å². The molecule has 0 heteroatoms. The Bertz CT molecular complexity index is 931. The molecule has 0 saturated carbocycles. The zero-order valence-corrected chi connectivity index (χ0v) is 13.5. The molecule has 0 radical (unpaired) electrons. The molecule has 0 bridgehead atoms. The standard InChI is InChI=1S/C23H20/c1-2-15-7-5-9-20-21(15)14-18-13-12-17-11-10-16-6-3-4-8-19(16)22(17)23(18)20/h3-9,12-13H,2,10-11,14H2,1H3. The van der Waals surface area contributed by atoms with Gasteiger partial charge in [-0.2, -0.15) is 0 Å². The quantitative estimate of drug-likeness (QED) is 0.430. The maximum Gasteiger partial charge on any atom is -0.00105 e. The highest BCUT2D eigenvalue weighted by molar-refractivity contribution is 5.94. The van der Waals surface area contributed by atoms with Gasteiger partial charge in [0.2, 0.25) is 0 Å². The number of aryl methyl sites for hydroxylation is 3. The predicted molar refractivity (Wildman–Crippen MR) is 96.9 cm³/mol. The van der Waals surface area contributed by atoms with Gasteiger partial charge in [-0.1, -0.05) is 61.5 Å². The molecule has 0 aliphatic heterocycles. The van der Waals surface area contributed by atoms with E-state index in [0.29, 0.717) is 0 Å². The van der Waals surface area contributed by atoms with Crippen molar-refractivity contribution in [2.75, 3.05) is 0 Å². The van der Waals surface area contributed by atoms with Crippen molar-refractivity contribution in [1.82, 2.24) is 0 Å². The summed E-state index contributed by atoms with van der Waals surface area (Å²) in [7, 11) is 0. The van der Waals surface area contributed by atoms with Crippen molar-refractivity contribution >= 4 is 0 Å². The first kappa shape index (κ1) is 13.1. The Morgan fingerprint density at radius 1 is 0.696 bits per heavy atom. The van der Waals surface area contributed by atoms with Crippen LogP contribution in [0.15, 0.2) is 54.6 Å². The van der Waals surface area contributed by atoms with E-state index in [-0.39, 0.29) is 0 Å². The Morgan fingerprint density at radius 2 is 1.43 bits per heavy atom. The van der Waals surface area contributed by atoms with Crippen LogP contribution in [0.4, 0.5) is 0 Å². The van der Waals surface area contributed by atoms with Crippen LogP contribution in [0.3, 0.4) is 0 Å². The molecule has 2 aliphatic carbocycles. The van der Waals surface area contributed by atoms with Crippen LogP contribution in [0.2, 0.25) is 0 Å². The maximum absolute atomic E-state index is 2.38. The Kier molecular flexibility index (Phi) is 2.76. The van der Waals surface area contributed by atoms with Gasteiger partial charge in [0.1, 0.15) is 0 Å². The van der Waals surface area contributed by atoms with Gasteiger partial charge in [-0.15, -0.1) is 0 Å². The first-order valence-corrected chi connectivity index (χ1v) is 8.71. The van der Waals surface area contributed by atoms with Gasteiger partial charge >= 0.3 is 0 Å². The minimum atomic E-state index is 1.10. The molecule has 5 rings (SSSR count). The average molecular weight is 296 g/mol. The highest BCUT2D eigenvalue weighted by atomic mass is 14.3. The molecular weight excluding hydrogens is 276 g/mol. The summed E-state index contributed by atoms with van der Waals surface area (Å²) in [5, 5.41) is 0. The van der Waals surface area contributed by atoms with Crippen molar-refractivity contribution in [1.29, 1.82) is 0 Å². The zero-order chi connectivity index (χ0) is 15.4. The summed E-state index contributed by atoms with van der Waals surface area (Å²) in [5.74, 6) is 0. The minimum Gasteiger partial charge on any atom is -0.0620 e. The molecule has 0 aromatic heterocycles. The van der Waals surface area contributed by atoms with Gasteiger partial charge in [-0.25, -0.2) is 0 Å². The molecule has 0 saturated heterocycles. The lowest BCUT2D eigenvalue weighted by molar-refractivity contribution is 0.941. The second kappa shape index (κ2) is 4.83. The van der Waals surface area contributed by atoms with E-state index in [4.69, 9.17) is 0 Å². The smallest absolute Gasteiger partial charge is 0.00105 e. The lowest BCUT2D eigenvalue weighted by Gasteiger charge is -2.23. The molecule has 0 atom stereocenters. The van der Waals surface area contributed by atoms with E-state index in [1.807, 2.05) is 0 Å². The second-order valence-corrected chi connectivity index (χ2v) is 6.76. The van der Waals surface area contributed by atoms with Crippen molar-refractivity contribution in [3.8, 4) is 22.3 Å². The molecule has 3 aromatic carbocycles. The third-order valence-corrected chi connectivity index (χ3v) is 5.62. The molecule has 0 amide bonds. The van der Waals surface area contributed by atoms with E-state index in [1.54, 1.807) is 5.56 Å².